The van der Waals surface area contributed by atoms with Crippen LogP contribution in [0.25, 0.3) is 11.2 Å². The molecule has 0 saturated carbocycles. The van der Waals surface area contributed by atoms with Crippen molar-refractivity contribution in [2.75, 3.05) is 0 Å². The van der Waals surface area contributed by atoms with E-state index in [1.165, 1.54) is 16.2 Å². The molecule has 0 aromatic carbocycles. The first-order valence-electron chi connectivity index (χ1n) is 4.04. The van der Waals surface area contributed by atoms with Gasteiger partial charge in [-0.3, -0.25) is 9.36 Å². The van der Waals surface area contributed by atoms with E-state index >= 15 is 0 Å². The summed E-state index contributed by atoms with van der Waals surface area (Å²) in [5.74, 6) is 0. The molecule has 0 amide bonds. The van der Waals surface area contributed by atoms with Gasteiger partial charge >= 0.3 is 28.1 Å². The third kappa shape index (κ3) is 1.50. The fourth-order valence-corrected chi connectivity index (χ4v) is 1.41. The molecule has 0 aliphatic carbocycles. The molecule has 0 aliphatic heterocycles. The van der Waals surface area contributed by atoms with Crippen molar-refractivity contribution in [2.45, 2.75) is 0 Å². The molecule has 0 radical (unpaired) electrons. The largest absolute Gasteiger partial charge is 1.00 e. The second-order valence-electron chi connectivity index (χ2n) is 3.15. The summed E-state index contributed by atoms with van der Waals surface area (Å²) >= 11 is 0. The van der Waals surface area contributed by atoms with Crippen molar-refractivity contribution in [3.05, 3.63) is 27.2 Å². The van der Waals surface area contributed by atoms with Gasteiger partial charge in [0, 0.05) is 26.1 Å². The minimum Gasteiger partial charge on any atom is -0.444 e. The van der Waals surface area contributed by atoms with Gasteiger partial charge in [-0.2, -0.15) is 0 Å². The predicted octanol–water partition coefficient (Wildman–Crippen LogP) is -1.23. The van der Waals surface area contributed by atoms with Crippen LogP contribution in [0.15, 0.2) is 9.59 Å². The summed E-state index contributed by atoms with van der Waals surface area (Å²) in [5.41, 5.74) is 0.0177. The molecular weight excluding hydrogens is 292 g/mol. The van der Waals surface area contributed by atoms with Crippen LogP contribution in [0.1, 0.15) is 0 Å². The average Bonchev–Trinajstić information content (AvgIpc) is 2.54. The van der Waals surface area contributed by atoms with Crippen molar-refractivity contribution in [3.8, 4) is 0 Å². The number of nitrogens with zero attached hydrogens (tertiary/aromatic N) is 4. The fraction of sp³-hybridized carbons (Fsp3) is 0.375. The van der Waals surface area contributed by atoms with E-state index in [1.54, 1.807) is 14.1 Å². The maximum atomic E-state index is 11.7. The standard InChI is InChI=1S/C8H9N4O2.Ag/c1-10-4-9-6-5(10)7(13)12(3)8(14)11(6)2;/h1-3H3;/q-1;+1. The van der Waals surface area contributed by atoms with Crippen molar-refractivity contribution >= 4 is 11.2 Å². The Labute approximate surface area is 101 Å². The van der Waals surface area contributed by atoms with Crippen molar-refractivity contribution < 1.29 is 22.4 Å². The first-order chi connectivity index (χ1) is 6.54. The van der Waals surface area contributed by atoms with E-state index in [4.69, 9.17) is 0 Å². The van der Waals surface area contributed by atoms with Gasteiger partial charge in [0.15, 0.2) is 0 Å². The van der Waals surface area contributed by atoms with Crippen molar-refractivity contribution in [3.63, 3.8) is 0 Å². The van der Waals surface area contributed by atoms with Gasteiger partial charge in [0.2, 0.25) is 5.56 Å². The fourth-order valence-electron chi connectivity index (χ4n) is 1.41. The molecule has 0 N–H and O–H groups in total. The van der Waals surface area contributed by atoms with Crippen LogP contribution in [0.3, 0.4) is 0 Å². The Morgan fingerprint density at radius 2 is 1.73 bits per heavy atom. The second kappa shape index (κ2) is 3.80. The predicted molar refractivity (Wildman–Crippen MR) is 50.0 cm³/mol. The zero-order chi connectivity index (χ0) is 10.5. The van der Waals surface area contributed by atoms with Crippen molar-refractivity contribution in [2.24, 2.45) is 21.1 Å². The molecule has 15 heavy (non-hydrogen) atoms. The van der Waals surface area contributed by atoms with Crippen LogP contribution in [0.4, 0.5) is 0 Å². The number of imidazole rings is 1. The number of hydrogen-bond acceptors (Lipinski definition) is 3. The summed E-state index contributed by atoms with van der Waals surface area (Å²) in [6.45, 7) is 0. The normalized spacial score (nSPS) is 10.3. The molecule has 2 heterocycles. The molecule has 0 saturated heterocycles. The Kier molecular flexibility index (Phi) is 3.03. The summed E-state index contributed by atoms with van der Waals surface area (Å²) in [4.78, 5) is 27.0. The summed E-state index contributed by atoms with van der Waals surface area (Å²) in [6, 6.07) is 0. The van der Waals surface area contributed by atoms with Gasteiger partial charge < -0.3 is 14.1 Å². The minimum atomic E-state index is -0.380. The van der Waals surface area contributed by atoms with Crippen LogP contribution in [-0.2, 0) is 43.5 Å². The van der Waals surface area contributed by atoms with Gasteiger partial charge in [-0.05, 0) is 12.6 Å². The van der Waals surface area contributed by atoms with E-state index in [0.29, 0.717) is 11.2 Å². The number of rotatable bonds is 0. The Balaban J connectivity index is 0.00000112. The van der Waals surface area contributed by atoms with E-state index in [0.717, 1.165) is 4.57 Å². The van der Waals surface area contributed by atoms with Crippen LogP contribution in [0.2, 0.25) is 0 Å². The molecule has 2 aromatic rings. The van der Waals surface area contributed by atoms with Gasteiger partial charge in [-0.15, -0.1) is 0 Å². The third-order valence-electron chi connectivity index (χ3n) is 2.25. The Morgan fingerprint density at radius 1 is 1.13 bits per heavy atom. The number of hydrogen-bond donors (Lipinski definition) is 0. The molecule has 6 nitrogen and oxygen atoms in total. The van der Waals surface area contributed by atoms with Gasteiger partial charge in [0.1, 0.15) is 0 Å². The Hall–Kier alpha value is -1.11. The molecule has 2 rings (SSSR count). The van der Waals surface area contributed by atoms with Crippen molar-refractivity contribution in [1.29, 1.82) is 0 Å². The van der Waals surface area contributed by atoms with Crippen LogP contribution >= 0.6 is 0 Å². The van der Waals surface area contributed by atoms with E-state index in [1.807, 2.05) is 0 Å². The Bertz CT molecular complexity index is 622. The summed E-state index contributed by atoms with van der Waals surface area (Å²) < 4.78 is 3.86. The summed E-state index contributed by atoms with van der Waals surface area (Å²) in [5, 5.41) is 0. The van der Waals surface area contributed by atoms with Crippen LogP contribution in [0, 0.1) is 6.33 Å². The van der Waals surface area contributed by atoms with Crippen LogP contribution < -0.4 is 11.2 Å². The number of fused-ring (bicyclic) bond motifs is 1. The summed E-state index contributed by atoms with van der Waals surface area (Å²) in [6.07, 6.45) is 2.61. The number of aryl methyl sites for hydroxylation is 2. The molecule has 84 valence electrons. The molecule has 0 aliphatic rings. The molecule has 2 aromatic heterocycles. The molecule has 7 heteroatoms. The third-order valence-corrected chi connectivity index (χ3v) is 2.25. The van der Waals surface area contributed by atoms with Crippen LogP contribution in [-0.4, -0.2) is 18.7 Å². The first-order valence-corrected chi connectivity index (χ1v) is 4.04. The average molecular weight is 301 g/mol. The maximum Gasteiger partial charge on any atom is 1.00 e. The first kappa shape index (κ1) is 12.0. The molecular formula is C8H9AgN4O2. The van der Waals surface area contributed by atoms with E-state index < -0.39 is 0 Å². The quantitative estimate of drug-likeness (QED) is 0.452. The van der Waals surface area contributed by atoms with Crippen LogP contribution in [0.5, 0.6) is 0 Å². The second-order valence-corrected chi connectivity index (χ2v) is 3.15. The van der Waals surface area contributed by atoms with E-state index in [9.17, 15) is 9.59 Å². The summed E-state index contributed by atoms with van der Waals surface area (Å²) in [7, 11) is 4.68. The molecule has 0 atom stereocenters. The molecule has 0 fully saturated rings. The van der Waals surface area contributed by atoms with Gasteiger partial charge in [0.05, 0.1) is 0 Å². The SMILES string of the molecule is Cn1c(=O)c2c(n[c-]n2C)n(C)c1=O.[Ag+]. The molecule has 0 spiro atoms. The zero-order valence-corrected chi connectivity index (χ0v) is 9.89. The zero-order valence-electron chi connectivity index (χ0n) is 8.41. The molecule has 0 bridgehead atoms. The monoisotopic (exact) mass is 300 g/mol. The minimum absolute atomic E-state index is 0. The number of aromatic nitrogens is 4. The molecule has 0 unspecified atom stereocenters. The van der Waals surface area contributed by atoms with E-state index in [-0.39, 0.29) is 33.6 Å². The van der Waals surface area contributed by atoms with Crippen molar-refractivity contribution in [1.82, 2.24) is 18.7 Å². The maximum absolute atomic E-state index is 11.7. The van der Waals surface area contributed by atoms with Gasteiger partial charge in [0.25, 0.3) is 0 Å². The Morgan fingerprint density at radius 3 is 2.33 bits per heavy atom. The van der Waals surface area contributed by atoms with E-state index in [2.05, 4.69) is 11.3 Å². The van der Waals surface area contributed by atoms with Gasteiger partial charge in [-0.25, -0.2) is 4.79 Å². The topological polar surface area (TPSA) is 61.8 Å². The van der Waals surface area contributed by atoms with Gasteiger partial charge in [-0.1, -0.05) is 0 Å². The smallest absolute Gasteiger partial charge is 0.444 e.